The first-order chi connectivity index (χ1) is 6.95. The first-order valence-corrected chi connectivity index (χ1v) is 6.36. The van der Waals surface area contributed by atoms with Crippen LogP contribution in [-0.2, 0) is 0 Å². The summed E-state index contributed by atoms with van der Waals surface area (Å²) < 4.78 is 0. The summed E-state index contributed by atoms with van der Waals surface area (Å²) in [6.07, 6.45) is 1.36. The average Bonchev–Trinajstić information content (AvgIpc) is 2.85. The Morgan fingerprint density at radius 3 is 3.07 bits per heavy atom. The largest absolute Gasteiger partial charge is 0.316 e. The van der Waals surface area contributed by atoms with E-state index in [9.17, 15) is 0 Å². The van der Waals surface area contributed by atoms with Crippen LogP contribution in [0.25, 0.3) is 0 Å². The topological polar surface area (TPSA) is 12.0 Å². The fourth-order valence-corrected chi connectivity index (χ4v) is 3.97. The van der Waals surface area contributed by atoms with Gasteiger partial charge in [-0.1, -0.05) is 18.2 Å². The van der Waals surface area contributed by atoms with Crippen molar-refractivity contribution in [3.05, 3.63) is 29.8 Å². The zero-order valence-electron chi connectivity index (χ0n) is 8.20. The van der Waals surface area contributed by atoms with Gasteiger partial charge in [0.1, 0.15) is 0 Å². The Morgan fingerprint density at radius 1 is 1.29 bits per heavy atom. The lowest BCUT2D eigenvalue weighted by atomic mass is 9.87. The van der Waals surface area contributed by atoms with Gasteiger partial charge in [-0.05, 0) is 43.0 Å². The normalized spacial score (nSPS) is 30.6. The number of hydrogen-bond donors (Lipinski definition) is 1. The van der Waals surface area contributed by atoms with E-state index in [2.05, 4.69) is 29.6 Å². The first kappa shape index (κ1) is 8.81. The maximum Gasteiger partial charge on any atom is 0.0107 e. The molecule has 74 valence electrons. The molecule has 2 heteroatoms. The highest BCUT2D eigenvalue weighted by molar-refractivity contribution is 7.99. The van der Waals surface area contributed by atoms with E-state index in [1.54, 1.807) is 5.56 Å². The molecule has 2 atom stereocenters. The third-order valence-electron chi connectivity index (χ3n) is 3.40. The summed E-state index contributed by atoms with van der Waals surface area (Å²) in [7, 11) is 0. The van der Waals surface area contributed by atoms with Gasteiger partial charge >= 0.3 is 0 Å². The first-order valence-electron chi connectivity index (χ1n) is 5.37. The number of hydrogen-bond acceptors (Lipinski definition) is 2. The number of benzene rings is 1. The minimum atomic E-state index is 0.811. The molecule has 0 amide bonds. The van der Waals surface area contributed by atoms with E-state index >= 15 is 0 Å². The van der Waals surface area contributed by atoms with E-state index < -0.39 is 0 Å². The van der Waals surface area contributed by atoms with Crippen molar-refractivity contribution in [3.8, 4) is 0 Å². The Morgan fingerprint density at radius 2 is 2.21 bits per heavy atom. The maximum absolute atomic E-state index is 3.47. The third-order valence-corrected chi connectivity index (χ3v) is 4.61. The molecule has 0 radical (unpaired) electrons. The molecule has 1 N–H and O–H groups in total. The molecular formula is C12H15NS. The van der Waals surface area contributed by atoms with Crippen molar-refractivity contribution < 1.29 is 0 Å². The van der Waals surface area contributed by atoms with Gasteiger partial charge in [0.25, 0.3) is 0 Å². The summed E-state index contributed by atoms with van der Waals surface area (Å²) in [4.78, 5) is 1.52. The second kappa shape index (κ2) is 3.59. The molecule has 1 aromatic carbocycles. The molecule has 0 aromatic heterocycles. The highest BCUT2D eigenvalue weighted by atomic mass is 32.2. The summed E-state index contributed by atoms with van der Waals surface area (Å²) in [5.74, 6) is 2.99. The Kier molecular flexibility index (Phi) is 2.26. The molecule has 2 aliphatic heterocycles. The molecule has 2 heterocycles. The van der Waals surface area contributed by atoms with Crippen LogP contribution in [0.2, 0.25) is 0 Å². The highest BCUT2D eigenvalue weighted by Crippen LogP contribution is 2.44. The molecule has 0 aliphatic carbocycles. The molecule has 3 rings (SSSR count). The molecule has 0 saturated carbocycles. The van der Waals surface area contributed by atoms with Crippen molar-refractivity contribution in [3.63, 3.8) is 0 Å². The lowest BCUT2D eigenvalue weighted by molar-refractivity contribution is 0.495. The van der Waals surface area contributed by atoms with Crippen LogP contribution < -0.4 is 5.32 Å². The van der Waals surface area contributed by atoms with Crippen LogP contribution >= 0.6 is 11.8 Å². The lowest BCUT2D eigenvalue weighted by Gasteiger charge is -2.17. The van der Waals surface area contributed by atoms with Gasteiger partial charge in [-0.3, -0.25) is 0 Å². The molecule has 1 aromatic rings. The van der Waals surface area contributed by atoms with Crippen LogP contribution in [0.4, 0.5) is 0 Å². The van der Waals surface area contributed by atoms with Crippen LogP contribution in [-0.4, -0.2) is 18.8 Å². The lowest BCUT2D eigenvalue weighted by Crippen LogP contribution is -2.16. The fraction of sp³-hybridized carbons (Fsp3) is 0.500. The SMILES string of the molecule is c1ccc2c(c1)SCC2C1CCNC1. The van der Waals surface area contributed by atoms with Crippen LogP contribution in [0, 0.1) is 5.92 Å². The minimum absolute atomic E-state index is 0.811. The van der Waals surface area contributed by atoms with Crippen LogP contribution in [0.5, 0.6) is 0 Å². The van der Waals surface area contributed by atoms with Crippen molar-refractivity contribution in [1.82, 2.24) is 5.32 Å². The van der Waals surface area contributed by atoms with E-state index in [4.69, 9.17) is 0 Å². The Hall–Kier alpha value is -0.470. The Balaban J connectivity index is 1.89. The van der Waals surface area contributed by atoms with Crippen molar-refractivity contribution in [2.75, 3.05) is 18.8 Å². The molecule has 0 bridgehead atoms. The maximum atomic E-state index is 3.47. The van der Waals surface area contributed by atoms with Crippen LogP contribution in [0.1, 0.15) is 17.9 Å². The summed E-state index contributed by atoms with van der Waals surface area (Å²) >= 11 is 2.04. The van der Waals surface area contributed by atoms with E-state index in [0.29, 0.717) is 0 Å². The molecule has 1 fully saturated rings. The number of rotatable bonds is 1. The van der Waals surface area contributed by atoms with Gasteiger partial charge in [0.2, 0.25) is 0 Å². The summed E-state index contributed by atoms with van der Waals surface area (Å²) in [6.45, 7) is 2.44. The van der Waals surface area contributed by atoms with Gasteiger partial charge in [-0.2, -0.15) is 0 Å². The van der Waals surface area contributed by atoms with Gasteiger partial charge in [0.15, 0.2) is 0 Å². The van der Waals surface area contributed by atoms with Crippen molar-refractivity contribution >= 4 is 11.8 Å². The van der Waals surface area contributed by atoms with Gasteiger partial charge in [-0.15, -0.1) is 11.8 Å². The van der Waals surface area contributed by atoms with Crippen molar-refractivity contribution in [2.24, 2.45) is 5.92 Å². The van der Waals surface area contributed by atoms with Crippen molar-refractivity contribution in [1.29, 1.82) is 0 Å². The van der Waals surface area contributed by atoms with Gasteiger partial charge in [-0.25, -0.2) is 0 Å². The van der Waals surface area contributed by atoms with Crippen LogP contribution in [0.15, 0.2) is 29.2 Å². The molecule has 1 nitrogen and oxygen atoms in total. The molecule has 0 spiro atoms. The summed E-state index contributed by atoms with van der Waals surface area (Å²) in [5, 5.41) is 3.47. The average molecular weight is 205 g/mol. The van der Waals surface area contributed by atoms with Crippen molar-refractivity contribution in [2.45, 2.75) is 17.2 Å². The van der Waals surface area contributed by atoms with E-state index in [1.807, 2.05) is 11.8 Å². The smallest absolute Gasteiger partial charge is 0.0107 e. The quantitative estimate of drug-likeness (QED) is 0.756. The molecule has 2 aliphatic rings. The summed E-state index contributed by atoms with van der Waals surface area (Å²) in [5.41, 5.74) is 1.60. The predicted octanol–water partition coefficient (Wildman–Crippen LogP) is 2.49. The molecule has 14 heavy (non-hydrogen) atoms. The third kappa shape index (κ3) is 1.37. The second-order valence-electron chi connectivity index (χ2n) is 4.21. The van der Waals surface area contributed by atoms with Crippen LogP contribution in [0.3, 0.4) is 0 Å². The fourth-order valence-electron chi connectivity index (χ4n) is 2.60. The van der Waals surface area contributed by atoms with E-state index in [1.165, 1.54) is 30.2 Å². The Bertz CT molecular complexity index is 331. The Labute approximate surface area is 89.3 Å². The summed E-state index contributed by atoms with van der Waals surface area (Å²) in [6, 6.07) is 8.92. The molecule has 2 unspecified atom stereocenters. The predicted molar refractivity (Wildman–Crippen MR) is 60.9 cm³/mol. The number of nitrogens with one attached hydrogen (secondary N) is 1. The standard InChI is InChI=1S/C12H15NS/c1-2-4-12-10(3-1)11(8-14-12)9-5-6-13-7-9/h1-4,9,11,13H,5-8H2. The zero-order chi connectivity index (χ0) is 9.38. The minimum Gasteiger partial charge on any atom is -0.316 e. The van der Waals surface area contributed by atoms with Gasteiger partial charge in [0, 0.05) is 10.6 Å². The number of thioether (sulfide) groups is 1. The highest BCUT2D eigenvalue weighted by Gasteiger charge is 2.31. The van der Waals surface area contributed by atoms with E-state index in [-0.39, 0.29) is 0 Å². The molecular weight excluding hydrogens is 190 g/mol. The van der Waals surface area contributed by atoms with E-state index in [0.717, 1.165) is 11.8 Å². The van der Waals surface area contributed by atoms with Gasteiger partial charge in [0.05, 0.1) is 0 Å². The van der Waals surface area contributed by atoms with Gasteiger partial charge < -0.3 is 5.32 Å². The monoisotopic (exact) mass is 205 g/mol. The second-order valence-corrected chi connectivity index (χ2v) is 5.27. The molecule has 1 saturated heterocycles. The number of fused-ring (bicyclic) bond motifs is 1. The zero-order valence-corrected chi connectivity index (χ0v) is 9.02.